The lowest BCUT2D eigenvalue weighted by molar-refractivity contribution is 0.648. The molecule has 1 N–H and O–H groups in total. The first-order valence-corrected chi connectivity index (χ1v) is 12.0. The number of benzene rings is 2. The third-order valence-electron chi connectivity index (χ3n) is 6.13. The fourth-order valence-corrected chi connectivity index (χ4v) is 4.45. The normalized spacial score (nSPS) is 11.5. The number of rotatable bonds is 9. The SMILES string of the molecule is CCCCCCc1cc2nc3c(=O)[nH]c(=O)nc-3n(CCCc3ccc(Cl)cc3)c2cc1C. The monoisotopic (exact) mass is 464 g/mol. The van der Waals surface area contributed by atoms with Gasteiger partial charge in [0.2, 0.25) is 0 Å². The zero-order valence-electron chi connectivity index (χ0n) is 19.2. The average Bonchev–Trinajstić information content (AvgIpc) is 2.79. The van der Waals surface area contributed by atoms with Crippen LogP contribution in [0.5, 0.6) is 0 Å². The lowest BCUT2D eigenvalue weighted by Crippen LogP contribution is -2.29. The first-order valence-electron chi connectivity index (χ1n) is 11.6. The molecule has 0 radical (unpaired) electrons. The van der Waals surface area contributed by atoms with E-state index in [2.05, 4.69) is 40.9 Å². The molecule has 2 aromatic carbocycles. The van der Waals surface area contributed by atoms with Gasteiger partial charge in [0.05, 0.1) is 11.0 Å². The van der Waals surface area contributed by atoms with Gasteiger partial charge in [0.15, 0.2) is 11.5 Å². The van der Waals surface area contributed by atoms with Crippen LogP contribution in [0.2, 0.25) is 5.02 Å². The van der Waals surface area contributed by atoms with Crippen LogP contribution in [-0.4, -0.2) is 19.5 Å². The van der Waals surface area contributed by atoms with Gasteiger partial charge in [0.25, 0.3) is 5.56 Å². The summed E-state index contributed by atoms with van der Waals surface area (Å²) in [6, 6.07) is 12.0. The number of H-pyrrole nitrogens is 1. The minimum absolute atomic E-state index is 0.203. The molecule has 2 aliphatic rings. The average molecular weight is 465 g/mol. The predicted octanol–water partition coefficient (Wildman–Crippen LogP) is 5.30. The van der Waals surface area contributed by atoms with Gasteiger partial charge in [-0.15, -0.1) is 0 Å². The van der Waals surface area contributed by atoms with E-state index < -0.39 is 11.2 Å². The van der Waals surface area contributed by atoms with Crippen molar-refractivity contribution in [1.82, 2.24) is 19.5 Å². The van der Waals surface area contributed by atoms with Crippen LogP contribution < -0.4 is 11.2 Å². The number of aromatic amines is 1. The van der Waals surface area contributed by atoms with Crippen molar-refractivity contribution in [3.05, 3.63) is 78.9 Å². The maximum absolute atomic E-state index is 12.5. The highest BCUT2D eigenvalue weighted by molar-refractivity contribution is 6.30. The third-order valence-corrected chi connectivity index (χ3v) is 6.38. The summed E-state index contributed by atoms with van der Waals surface area (Å²) in [4.78, 5) is 35.5. The molecule has 0 atom stereocenters. The van der Waals surface area contributed by atoms with E-state index in [0.29, 0.717) is 17.4 Å². The van der Waals surface area contributed by atoms with Crippen LogP contribution in [0.25, 0.3) is 22.6 Å². The fourth-order valence-electron chi connectivity index (χ4n) is 4.32. The summed E-state index contributed by atoms with van der Waals surface area (Å²) in [5.41, 5.74) is 4.34. The van der Waals surface area contributed by atoms with Crippen molar-refractivity contribution in [1.29, 1.82) is 0 Å². The summed E-state index contributed by atoms with van der Waals surface area (Å²) in [6.07, 6.45) is 7.44. The molecule has 2 aliphatic heterocycles. The van der Waals surface area contributed by atoms with E-state index in [9.17, 15) is 9.59 Å². The summed E-state index contributed by atoms with van der Waals surface area (Å²) in [5, 5.41) is 0.714. The Hall–Kier alpha value is -2.99. The number of fused-ring (bicyclic) bond motifs is 2. The molecule has 0 fully saturated rings. The Balaban J connectivity index is 1.72. The molecule has 0 saturated carbocycles. The molecule has 7 heteroatoms. The van der Waals surface area contributed by atoms with Gasteiger partial charge in [-0.25, -0.2) is 9.78 Å². The van der Waals surface area contributed by atoms with Crippen LogP contribution in [0.1, 0.15) is 55.7 Å². The molecule has 0 amide bonds. The van der Waals surface area contributed by atoms with Crippen LogP contribution in [0, 0.1) is 6.92 Å². The van der Waals surface area contributed by atoms with E-state index in [0.717, 1.165) is 36.7 Å². The molecular formula is C26H29ClN4O2. The van der Waals surface area contributed by atoms with Crippen molar-refractivity contribution in [2.24, 2.45) is 0 Å². The van der Waals surface area contributed by atoms with Crippen LogP contribution in [0.3, 0.4) is 0 Å². The van der Waals surface area contributed by atoms with E-state index in [1.165, 1.54) is 36.0 Å². The largest absolute Gasteiger partial charge is 0.349 e. The number of nitrogens with one attached hydrogen (secondary N) is 1. The molecule has 33 heavy (non-hydrogen) atoms. The van der Waals surface area contributed by atoms with Gasteiger partial charge in [0, 0.05) is 11.6 Å². The quantitative estimate of drug-likeness (QED) is 0.269. The Morgan fingerprint density at radius 1 is 0.970 bits per heavy atom. The minimum atomic E-state index is -0.649. The Kier molecular flexibility index (Phi) is 7.23. The highest BCUT2D eigenvalue weighted by Crippen LogP contribution is 2.26. The van der Waals surface area contributed by atoms with E-state index in [1.807, 2.05) is 28.8 Å². The summed E-state index contributed by atoms with van der Waals surface area (Å²) < 4.78 is 1.97. The third kappa shape index (κ3) is 5.33. The van der Waals surface area contributed by atoms with Crippen molar-refractivity contribution >= 4 is 22.6 Å². The van der Waals surface area contributed by atoms with Crippen LogP contribution in [-0.2, 0) is 19.4 Å². The van der Waals surface area contributed by atoms with Gasteiger partial charge in [-0.3, -0.25) is 9.78 Å². The standard InChI is InChI=1S/C26H29ClN4O2/c1-3-4-5-6-9-19-16-21-22(15-17(19)2)31(14-7-8-18-10-12-20(27)13-11-18)24-23(28-21)25(32)30-26(33)29-24/h10-13,15-16H,3-9,14H2,1-2H3,(H,30,32,33). The summed E-state index contributed by atoms with van der Waals surface area (Å²) >= 11 is 6.00. The molecule has 0 aromatic heterocycles. The van der Waals surface area contributed by atoms with Crippen molar-refractivity contribution < 1.29 is 0 Å². The summed E-state index contributed by atoms with van der Waals surface area (Å²) in [6.45, 7) is 4.94. The van der Waals surface area contributed by atoms with Crippen LogP contribution >= 0.6 is 11.6 Å². The second-order valence-electron chi connectivity index (χ2n) is 8.61. The highest BCUT2D eigenvalue weighted by atomic mass is 35.5. The molecule has 2 aromatic rings. The van der Waals surface area contributed by atoms with E-state index >= 15 is 0 Å². The first-order chi connectivity index (χ1) is 16.0. The molecule has 0 bridgehead atoms. The fraction of sp³-hybridized carbons (Fsp3) is 0.385. The molecule has 0 spiro atoms. The molecule has 0 aliphatic carbocycles. The van der Waals surface area contributed by atoms with Gasteiger partial charge in [-0.05, 0) is 73.6 Å². The Morgan fingerprint density at radius 3 is 2.52 bits per heavy atom. The second-order valence-corrected chi connectivity index (χ2v) is 9.05. The lowest BCUT2D eigenvalue weighted by atomic mass is 10.0. The highest BCUT2D eigenvalue weighted by Gasteiger charge is 2.19. The number of nitrogens with zero attached hydrogens (tertiary/aromatic N) is 3. The van der Waals surface area contributed by atoms with E-state index in [1.54, 1.807) is 0 Å². The lowest BCUT2D eigenvalue weighted by Gasteiger charge is -2.18. The number of aromatic nitrogens is 4. The van der Waals surface area contributed by atoms with Crippen molar-refractivity contribution in [2.75, 3.05) is 0 Å². The van der Waals surface area contributed by atoms with Crippen LogP contribution in [0.15, 0.2) is 46.0 Å². The maximum atomic E-state index is 12.5. The molecule has 0 saturated heterocycles. The smallest absolute Gasteiger partial charge is 0.322 e. The number of hydrogen-bond acceptors (Lipinski definition) is 4. The Bertz CT molecular complexity index is 1340. The predicted molar refractivity (Wildman–Crippen MR) is 133 cm³/mol. The van der Waals surface area contributed by atoms with Gasteiger partial charge in [-0.2, -0.15) is 4.98 Å². The van der Waals surface area contributed by atoms with Gasteiger partial charge in [-0.1, -0.05) is 49.9 Å². The first kappa shape index (κ1) is 23.2. The number of halogens is 1. The molecule has 6 nitrogen and oxygen atoms in total. The molecule has 172 valence electrons. The number of unbranched alkanes of at least 4 members (excludes halogenated alkanes) is 3. The van der Waals surface area contributed by atoms with Gasteiger partial charge >= 0.3 is 5.69 Å². The molecule has 4 rings (SSSR count). The Morgan fingerprint density at radius 2 is 1.76 bits per heavy atom. The van der Waals surface area contributed by atoms with Gasteiger partial charge < -0.3 is 4.57 Å². The second kappa shape index (κ2) is 10.3. The zero-order valence-corrected chi connectivity index (χ0v) is 19.9. The Labute approximate surface area is 198 Å². The summed E-state index contributed by atoms with van der Waals surface area (Å²) in [5.74, 6) is 0.336. The molecule has 0 unspecified atom stereocenters. The molecule has 2 heterocycles. The van der Waals surface area contributed by atoms with Crippen molar-refractivity contribution in [3.63, 3.8) is 0 Å². The maximum Gasteiger partial charge on any atom is 0.349 e. The molecular weight excluding hydrogens is 436 g/mol. The van der Waals surface area contributed by atoms with E-state index in [-0.39, 0.29) is 5.69 Å². The number of aryl methyl sites for hydroxylation is 4. The number of hydrogen-bond donors (Lipinski definition) is 1. The van der Waals surface area contributed by atoms with Crippen LogP contribution in [0.4, 0.5) is 0 Å². The van der Waals surface area contributed by atoms with Gasteiger partial charge in [0.1, 0.15) is 0 Å². The van der Waals surface area contributed by atoms with Crippen molar-refractivity contribution in [2.45, 2.75) is 65.3 Å². The van der Waals surface area contributed by atoms with Crippen molar-refractivity contribution in [3.8, 4) is 11.5 Å². The topological polar surface area (TPSA) is 80.6 Å². The zero-order chi connectivity index (χ0) is 23.4. The minimum Gasteiger partial charge on any atom is -0.322 e. The summed E-state index contributed by atoms with van der Waals surface area (Å²) in [7, 11) is 0. The van der Waals surface area contributed by atoms with E-state index in [4.69, 9.17) is 11.6 Å².